The van der Waals surface area contributed by atoms with Gasteiger partial charge in [0.2, 0.25) is 0 Å². The van der Waals surface area contributed by atoms with Crippen LogP contribution in [0.5, 0.6) is 11.5 Å². The van der Waals surface area contributed by atoms with E-state index in [1.54, 1.807) is 7.11 Å². The molecule has 0 aliphatic carbocycles. The second kappa shape index (κ2) is 11.5. The van der Waals surface area contributed by atoms with Crippen molar-refractivity contribution >= 4 is 0 Å². The average Bonchev–Trinajstić information content (AvgIpc) is 2.66. The van der Waals surface area contributed by atoms with Crippen LogP contribution in [0.3, 0.4) is 0 Å². The van der Waals surface area contributed by atoms with Crippen LogP contribution in [0.4, 0.5) is 0 Å². The van der Waals surface area contributed by atoms with Crippen LogP contribution in [-0.4, -0.2) is 20.3 Å². The molecule has 0 unspecified atom stereocenters. The van der Waals surface area contributed by atoms with E-state index in [2.05, 4.69) is 54.7 Å². The smallest absolute Gasteiger partial charge is 0.161 e. The van der Waals surface area contributed by atoms with E-state index in [0.717, 1.165) is 44.0 Å². The summed E-state index contributed by atoms with van der Waals surface area (Å²) in [5.74, 6) is 1.66. The Morgan fingerprint density at radius 1 is 0.880 bits per heavy atom. The molecule has 25 heavy (non-hydrogen) atoms. The van der Waals surface area contributed by atoms with Gasteiger partial charge in [-0.15, -0.1) is 0 Å². The molecule has 0 amide bonds. The first-order chi connectivity index (χ1) is 12.3. The van der Waals surface area contributed by atoms with Crippen molar-refractivity contribution in [3.8, 4) is 11.5 Å². The number of nitrogens with one attached hydrogen (secondary N) is 1. The Morgan fingerprint density at radius 2 is 1.72 bits per heavy atom. The Kier molecular flexibility index (Phi) is 8.92. The molecule has 0 aliphatic heterocycles. The van der Waals surface area contributed by atoms with Crippen LogP contribution in [0.15, 0.2) is 48.5 Å². The maximum Gasteiger partial charge on any atom is 0.161 e. The SMILES string of the molecule is CCCCCCOc1ccc(CNCCc2ccccc2)cc1OC. The molecule has 0 saturated heterocycles. The molecular weight excluding hydrogens is 310 g/mol. The number of unbranched alkanes of at least 4 members (excludes halogenated alkanes) is 3. The minimum atomic E-state index is 0.755. The van der Waals surface area contributed by atoms with Gasteiger partial charge in [-0.2, -0.15) is 0 Å². The highest BCUT2D eigenvalue weighted by Gasteiger charge is 2.06. The van der Waals surface area contributed by atoms with Gasteiger partial charge in [-0.3, -0.25) is 0 Å². The first-order valence-corrected chi connectivity index (χ1v) is 9.38. The van der Waals surface area contributed by atoms with E-state index in [-0.39, 0.29) is 0 Å². The summed E-state index contributed by atoms with van der Waals surface area (Å²) in [6.45, 7) is 4.77. The number of rotatable bonds is 12. The lowest BCUT2D eigenvalue weighted by Gasteiger charge is -2.13. The van der Waals surface area contributed by atoms with Crippen LogP contribution in [0.25, 0.3) is 0 Å². The summed E-state index contributed by atoms with van der Waals surface area (Å²) in [6, 6.07) is 16.7. The van der Waals surface area contributed by atoms with Crippen LogP contribution >= 0.6 is 0 Å². The van der Waals surface area contributed by atoms with Gasteiger partial charge in [0, 0.05) is 6.54 Å². The molecule has 1 N–H and O–H groups in total. The summed E-state index contributed by atoms with van der Waals surface area (Å²) in [5, 5.41) is 3.49. The predicted octanol–water partition coefficient (Wildman–Crippen LogP) is 4.99. The molecule has 0 aliphatic rings. The van der Waals surface area contributed by atoms with Crippen LogP contribution in [0.1, 0.15) is 43.7 Å². The Labute approximate surface area is 152 Å². The van der Waals surface area contributed by atoms with Gasteiger partial charge >= 0.3 is 0 Å². The summed E-state index contributed by atoms with van der Waals surface area (Å²) in [5.41, 5.74) is 2.57. The predicted molar refractivity (Wildman–Crippen MR) is 104 cm³/mol. The van der Waals surface area contributed by atoms with Gasteiger partial charge in [-0.1, -0.05) is 62.6 Å². The molecular formula is C22H31NO2. The maximum absolute atomic E-state index is 5.87. The molecule has 0 heterocycles. The Balaban J connectivity index is 1.75. The lowest BCUT2D eigenvalue weighted by Crippen LogP contribution is -2.16. The van der Waals surface area contributed by atoms with Gasteiger partial charge in [0.1, 0.15) is 0 Å². The zero-order chi connectivity index (χ0) is 17.7. The highest BCUT2D eigenvalue weighted by molar-refractivity contribution is 5.42. The summed E-state index contributed by atoms with van der Waals surface area (Å²) in [7, 11) is 1.70. The first-order valence-electron chi connectivity index (χ1n) is 9.38. The summed E-state index contributed by atoms with van der Waals surface area (Å²) < 4.78 is 11.4. The lowest BCUT2D eigenvalue weighted by molar-refractivity contribution is 0.285. The van der Waals surface area contributed by atoms with E-state index in [1.165, 1.54) is 30.4 Å². The molecule has 0 bridgehead atoms. The quantitative estimate of drug-likeness (QED) is 0.552. The molecule has 0 saturated carbocycles. The summed E-state index contributed by atoms with van der Waals surface area (Å²) in [6.07, 6.45) is 5.88. The van der Waals surface area contributed by atoms with Gasteiger partial charge in [0.05, 0.1) is 13.7 Å². The summed E-state index contributed by atoms with van der Waals surface area (Å²) >= 11 is 0. The van der Waals surface area contributed by atoms with Crippen molar-refractivity contribution in [1.29, 1.82) is 0 Å². The Bertz CT molecular complexity index is 598. The average molecular weight is 341 g/mol. The fraction of sp³-hybridized carbons (Fsp3) is 0.455. The molecule has 0 fully saturated rings. The third-order valence-corrected chi connectivity index (χ3v) is 4.25. The zero-order valence-corrected chi connectivity index (χ0v) is 15.6. The molecule has 2 aromatic carbocycles. The fourth-order valence-electron chi connectivity index (χ4n) is 2.76. The number of methoxy groups -OCH3 is 1. The van der Waals surface area contributed by atoms with E-state index >= 15 is 0 Å². The number of ether oxygens (including phenoxy) is 2. The number of hydrogen-bond donors (Lipinski definition) is 1. The zero-order valence-electron chi connectivity index (χ0n) is 15.6. The molecule has 2 rings (SSSR count). The van der Waals surface area contributed by atoms with Crippen LogP contribution in [-0.2, 0) is 13.0 Å². The molecule has 3 nitrogen and oxygen atoms in total. The fourth-order valence-corrected chi connectivity index (χ4v) is 2.76. The Hall–Kier alpha value is -2.00. The van der Waals surface area contributed by atoms with Crippen molar-refractivity contribution in [2.45, 2.75) is 45.6 Å². The van der Waals surface area contributed by atoms with E-state index in [9.17, 15) is 0 Å². The molecule has 3 heteroatoms. The topological polar surface area (TPSA) is 30.5 Å². The van der Waals surface area contributed by atoms with E-state index in [0.29, 0.717) is 0 Å². The largest absolute Gasteiger partial charge is 0.493 e. The van der Waals surface area contributed by atoms with Crippen LogP contribution in [0, 0.1) is 0 Å². The van der Waals surface area contributed by atoms with E-state index in [1.807, 2.05) is 6.07 Å². The molecule has 2 aromatic rings. The van der Waals surface area contributed by atoms with Crippen molar-refractivity contribution < 1.29 is 9.47 Å². The highest BCUT2D eigenvalue weighted by Crippen LogP contribution is 2.28. The molecule has 0 spiro atoms. The second-order valence-electron chi connectivity index (χ2n) is 6.31. The van der Waals surface area contributed by atoms with Gasteiger partial charge < -0.3 is 14.8 Å². The normalized spacial score (nSPS) is 10.6. The molecule has 0 aromatic heterocycles. The van der Waals surface area contributed by atoms with E-state index < -0.39 is 0 Å². The third kappa shape index (κ3) is 7.18. The maximum atomic E-state index is 5.87. The monoisotopic (exact) mass is 341 g/mol. The lowest BCUT2D eigenvalue weighted by atomic mass is 10.1. The van der Waals surface area contributed by atoms with Crippen molar-refractivity contribution in [2.24, 2.45) is 0 Å². The third-order valence-electron chi connectivity index (χ3n) is 4.25. The minimum absolute atomic E-state index is 0.755. The second-order valence-corrected chi connectivity index (χ2v) is 6.31. The first kappa shape index (κ1) is 19.3. The van der Waals surface area contributed by atoms with E-state index in [4.69, 9.17) is 9.47 Å². The van der Waals surface area contributed by atoms with Gasteiger partial charge in [-0.25, -0.2) is 0 Å². The summed E-state index contributed by atoms with van der Waals surface area (Å²) in [4.78, 5) is 0. The Morgan fingerprint density at radius 3 is 2.48 bits per heavy atom. The highest BCUT2D eigenvalue weighted by atomic mass is 16.5. The molecule has 136 valence electrons. The van der Waals surface area contributed by atoms with Crippen molar-refractivity contribution in [3.05, 3.63) is 59.7 Å². The molecule has 0 radical (unpaired) electrons. The standard InChI is InChI=1S/C22H31NO2/c1-3-4-5-9-16-25-21-13-12-20(17-22(21)24-2)18-23-15-14-19-10-7-6-8-11-19/h6-8,10-13,17,23H,3-5,9,14-16,18H2,1-2H3. The molecule has 0 atom stereocenters. The van der Waals surface area contributed by atoms with Gasteiger partial charge in [-0.05, 0) is 42.6 Å². The van der Waals surface area contributed by atoms with Crippen LogP contribution in [0.2, 0.25) is 0 Å². The van der Waals surface area contributed by atoms with Gasteiger partial charge in [0.25, 0.3) is 0 Å². The van der Waals surface area contributed by atoms with Crippen LogP contribution < -0.4 is 14.8 Å². The van der Waals surface area contributed by atoms with Crippen molar-refractivity contribution in [1.82, 2.24) is 5.32 Å². The van der Waals surface area contributed by atoms with Crippen molar-refractivity contribution in [3.63, 3.8) is 0 Å². The van der Waals surface area contributed by atoms with Crippen molar-refractivity contribution in [2.75, 3.05) is 20.3 Å². The number of benzene rings is 2. The number of hydrogen-bond acceptors (Lipinski definition) is 3. The van der Waals surface area contributed by atoms with Gasteiger partial charge in [0.15, 0.2) is 11.5 Å². The minimum Gasteiger partial charge on any atom is -0.493 e.